The van der Waals surface area contributed by atoms with Gasteiger partial charge in [0.15, 0.2) is 6.61 Å². The maximum absolute atomic E-state index is 12.4. The number of methoxy groups -OCH3 is 1. The highest BCUT2D eigenvalue weighted by molar-refractivity contribution is 7.89. The van der Waals surface area contributed by atoms with E-state index in [-0.39, 0.29) is 22.9 Å². The molecule has 1 heterocycles. The van der Waals surface area contributed by atoms with Gasteiger partial charge in [0.2, 0.25) is 15.8 Å². The van der Waals surface area contributed by atoms with Crippen LogP contribution in [0.2, 0.25) is 0 Å². The summed E-state index contributed by atoms with van der Waals surface area (Å²) >= 11 is 0. The molecule has 0 atom stereocenters. The number of primary sulfonamides is 1. The van der Waals surface area contributed by atoms with E-state index in [4.69, 9.17) is 19.0 Å². The molecule has 158 valence electrons. The van der Waals surface area contributed by atoms with Crippen molar-refractivity contribution < 1.29 is 31.9 Å². The summed E-state index contributed by atoms with van der Waals surface area (Å²) in [4.78, 5) is 24.5. The van der Waals surface area contributed by atoms with Gasteiger partial charge in [-0.1, -0.05) is 24.3 Å². The fraction of sp³-hybridized carbons (Fsp3) is 0.200. The third kappa shape index (κ3) is 4.67. The summed E-state index contributed by atoms with van der Waals surface area (Å²) in [5.74, 6) is -1.52. The second-order valence-electron chi connectivity index (χ2n) is 6.49. The van der Waals surface area contributed by atoms with Crippen LogP contribution in [0, 0.1) is 6.92 Å². The number of para-hydroxylation sites is 1. The standard InChI is InChI=1S/C20H20N2O7S/c1-12-7-8-13(9-17(12)30(21,25)26)22-18(23)11-28-20(24)19-15(10-27-2)14-5-3-4-6-16(14)29-19/h3-9H,10-11H2,1-2H3,(H,22,23)(H2,21,25,26). The Bertz CT molecular complexity index is 1220. The molecular weight excluding hydrogens is 412 g/mol. The van der Waals surface area contributed by atoms with E-state index in [1.54, 1.807) is 31.2 Å². The summed E-state index contributed by atoms with van der Waals surface area (Å²) in [6.45, 7) is 1.12. The van der Waals surface area contributed by atoms with Crippen LogP contribution >= 0.6 is 0 Å². The average molecular weight is 432 g/mol. The Morgan fingerprint density at radius 1 is 1.17 bits per heavy atom. The highest BCUT2D eigenvalue weighted by Crippen LogP contribution is 2.27. The molecule has 3 N–H and O–H groups in total. The molecule has 0 unspecified atom stereocenters. The summed E-state index contributed by atoms with van der Waals surface area (Å²) < 4.78 is 38.9. The predicted molar refractivity (Wildman–Crippen MR) is 108 cm³/mol. The van der Waals surface area contributed by atoms with Crippen LogP contribution in [0.25, 0.3) is 11.0 Å². The maximum Gasteiger partial charge on any atom is 0.375 e. The highest BCUT2D eigenvalue weighted by atomic mass is 32.2. The molecule has 0 fully saturated rings. The number of rotatable bonds is 7. The Morgan fingerprint density at radius 2 is 1.90 bits per heavy atom. The second kappa shape index (κ2) is 8.66. The molecule has 1 aromatic heterocycles. The van der Waals surface area contributed by atoms with Gasteiger partial charge in [-0.3, -0.25) is 4.79 Å². The Hall–Kier alpha value is -3.21. The van der Waals surface area contributed by atoms with Crippen LogP contribution in [-0.4, -0.2) is 34.0 Å². The fourth-order valence-corrected chi connectivity index (χ4v) is 3.74. The number of carbonyl (C=O) groups is 2. The maximum atomic E-state index is 12.4. The number of ether oxygens (including phenoxy) is 2. The van der Waals surface area contributed by atoms with Gasteiger partial charge in [0.1, 0.15) is 5.58 Å². The smallest absolute Gasteiger partial charge is 0.375 e. The van der Waals surface area contributed by atoms with Crippen LogP contribution in [0.5, 0.6) is 0 Å². The molecule has 30 heavy (non-hydrogen) atoms. The lowest BCUT2D eigenvalue weighted by Crippen LogP contribution is -2.21. The first-order chi connectivity index (χ1) is 14.2. The van der Waals surface area contributed by atoms with E-state index in [1.807, 2.05) is 0 Å². The summed E-state index contributed by atoms with van der Waals surface area (Å²) in [6, 6.07) is 11.3. The van der Waals surface area contributed by atoms with Crippen LogP contribution < -0.4 is 10.5 Å². The van der Waals surface area contributed by atoms with Crippen molar-refractivity contribution in [3.05, 3.63) is 59.4 Å². The van der Waals surface area contributed by atoms with Gasteiger partial charge in [0, 0.05) is 23.7 Å². The number of carbonyl (C=O) groups excluding carboxylic acids is 2. The van der Waals surface area contributed by atoms with E-state index < -0.39 is 28.5 Å². The predicted octanol–water partition coefficient (Wildman–Crippen LogP) is 2.33. The van der Waals surface area contributed by atoms with Crippen molar-refractivity contribution in [2.45, 2.75) is 18.4 Å². The first-order valence-electron chi connectivity index (χ1n) is 8.80. The number of esters is 1. The number of nitrogens with two attached hydrogens (primary N) is 1. The van der Waals surface area contributed by atoms with Crippen molar-refractivity contribution in [3.63, 3.8) is 0 Å². The number of sulfonamides is 1. The Labute approximate surface area is 172 Å². The summed E-state index contributed by atoms with van der Waals surface area (Å²) in [5, 5.41) is 8.34. The number of furan rings is 1. The summed E-state index contributed by atoms with van der Waals surface area (Å²) in [7, 11) is -2.45. The Kier molecular flexibility index (Phi) is 6.20. The number of amides is 1. The molecule has 0 saturated heterocycles. The van der Waals surface area contributed by atoms with Crippen molar-refractivity contribution in [3.8, 4) is 0 Å². The molecule has 0 aliphatic rings. The van der Waals surface area contributed by atoms with Gasteiger partial charge in [0.05, 0.1) is 11.5 Å². The van der Waals surface area contributed by atoms with Gasteiger partial charge in [-0.25, -0.2) is 18.4 Å². The van der Waals surface area contributed by atoms with E-state index >= 15 is 0 Å². The molecule has 3 rings (SSSR count). The highest BCUT2D eigenvalue weighted by Gasteiger charge is 2.22. The van der Waals surface area contributed by atoms with Gasteiger partial charge < -0.3 is 19.2 Å². The minimum absolute atomic E-state index is 0.0438. The lowest BCUT2D eigenvalue weighted by molar-refractivity contribution is -0.119. The first-order valence-corrected chi connectivity index (χ1v) is 10.3. The zero-order chi connectivity index (χ0) is 21.9. The number of nitrogens with one attached hydrogen (secondary N) is 1. The average Bonchev–Trinajstić information content (AvgIpc) is 3.06. The number of hydrogen-bond donors (Lipinski definition) is 2. The Morgan fingerprint density at radius 3 is 2.60 bits per heavy atom. The fourth-order valence-electron chi connectivity index (χ4n) is 2.93. The van der Waals surface area contributed by atoms with E-state index in [1.165, 1.54) is 25.3 Å². The normalized spacial score (nSPS) is 11.4. The number of fused-ring (bicyclic) bond motifs is 1. The molecule has 0 radical (unpaired) electrons. The van der Waals surface area contributed by atoms with Crippen molar-refractivity contribution in [2.75, 3.05) is 19.0 Å². The summed E-state index contributed by atoms with van der Waals surface area (Å²) in [5.41, 5.74) is 1.66. The molecule has 1 amide bonds. The van der Waals surface area contributed by atoms with Crippen molar-refractivity contribution in [1.82, 2.24) is 0 Å². The molecule has 0 saturated carbocycles. The van der Waals surface area contributed by atoms with Gasteiger partial charge in [-0.05, 0) is 30.7 Å². The third-order valence-electron chi connectivity index (χ3n) is 4.29. The molecule has 2 aromatic carbocycles. The molecule has 3 aromatic rings. The topological polar surface area (TPSA) is 138 Å². The molecule has 10 heteroatoms. The van der Waals surface area contributed by atoms with Crippen LogP contribution in [0.4, 0.5) is 5.69 Å². The van der Waals surface area contributed by atoms with Crippen molar-refractivity contribution >= 4 is 38.6 Å². The SMILES string of the molecule is COCc1c(C(=O)OCC(=O)Nc2ccc(C)c(S(N)(=O)=O)c2)oc2ccccc12. The molecule has 0 aliphatic carbocycles. The van der Waals surface area contributed by atoms with Gasteiger partial charge >= 0.3 is 5.97 Å². The van der Waals surface area contributed by atoms with Crippen LogP contribution in [0.3, 0.4) is 0 Å². The molecule has 0 spiro atoms. The lowest BCUT2D eigenvalue weighted by Gasteiger charge is -2.09. The van der Waals surface area contributed by atoms with E-state index in [0.717, 1.165) is 0 Å². The van der Waals surface area contributed by atoms with Crippen molar-refractivity contribution in [1.29, 1.82) is 0 Å². The number of aryl methyl sites for hydroxylation is 1. The minimum atomic E-state index is -3.94. The van der Waals surface area contributed by atoms with Crippen LogP contribution in [0.15, 0.2) is 51.8 Å². The quantitative estimate of drug-likeness (QED) is 0.546. The number of anilines is 1. The number of hydrogen-bond acceptors (Lipinski definition) is 7. The van der Waals surface area contributed by atoms with E-state index in [0.29, 0.717) is 22.1 Å². The number of benzene rings is 2. The molecule has 9 nitrogen and oxygen atoms in total. The third-order valence-corrected chi connectivity index (χ3v) is 5.34. The monoisotopic (exact) mass is 432 g/mol. The van der Waals surface area contributed by atoms with Gasteiger partial charge in [0.25, 0.3) is 5.91 Å². The zero-order valence-corrected chi connectivity index (χ0v) is 17.1. The van der Waals surface area contributed by atoms with Gasteiger partial charge in [-0.15, -0.1) is 0 Å². The molecular formula is C20H20N2O7S. The Balaban J connectivity index is 1.71. The van der Waals surface area contributed by atoms with Crippen LogP contribution in [-0.2, 0) is 30.9 Å². The summed E-state index contributed by atoms with van der Waals surface area (Å²) in [6.07, 6.45) is 0. The largest absolute Gasteiger partial charge is 0.450 e. The van der Waals surface area contributed by atoms with Crippen LogP contribution in [0.1, 0.15) is 21.7 Å². The van der Waals surface area contributed by atoms with E-state index in [2.05, 4.69) is 5.32 Å². The second-order valence-corrected chi connectivity index (χ2v) is 8.02. The molecule has 0 aliphatic heterocycles. The first kappa shape index (κ1) is 21.5. The minimum Gasteiger partial charge on any atom is -0.450 e. The van der Waals surface area contributed by atoms with Crippen molar-refractivity contribution in [2.24, 2.45) is 5.14 Å². The van der Waals surface area contributed by atoms with Gasteiger partial charge in [-0.2, -0.15) is 0 Å². The molecule has 0 bridgehead atoms. The zero-order valence-electron chi connectivity index (χ0n) is 16.3. The lowest BCUT2D eigenvalue weighted by atomic mass is 10.1. The van der Waals surface area contributed by atoms with E-state index in [9.17, 15) is 18.0 Å².